The van der Waals surface area contributed by atoms with E-state index in [-0.39, 0.29) is 42.4 Å². The van der Waals surface area contributed by atoms with Gasteiger partial charge in [0.05, 0.1) is 17.7 Å². The maximum absolute atomic E-state index is 12.8. The fraction of sp³-hybridized carbons (Fsp3) is 0.476. The topological polar surface area (TPSA) is 134 Å². The molecule has 0 aromatic heterocycles. The number of rotatable bonds is 6. The minimum Gasteiger partial charge on any atom is -0.492 e. The van der Waals surface area contributed by atoms with E-state index in [0.717, 1.165) is 30.8 Å². The van der Waals surface area contributed by atoms with E-state index >= 15 is 0 Å². The third kappa shape index (κ3) is 4.29. The van der Waals surface area contributed by atoms with Crippen LogP contribution in [0.3, 0.4) is 0 Å². The van der Waals surface area contributed by atoms with E-state index in [1.54, 1.807) is 6.07 Å². The van der Waals surface area contributed by atoms with E-state index in [2.05, 4.69) is 16.0 Å². The normalized spacial score (nSPS) is 21.7. The first-order valence-electron chi connectivity index (χ1n) is 10.4. The van der Waals surface area contributed by atoms with Crippen molar-refractivity contribution in [1.82, 2.24) is 20.9 Å². The van der Waals surface area contributed by atoms with Crippen molar-refractivity contribution in [3.8, 4) is 5.75 Å². The number of amides is 5. The van der Waals surface area contributed by atoms with Gasteiger partial charge >= 0.3 is 0 Å². The number of carbonyl (C=O) groups is 5. The van der Waals surface area contributed by atoms with Gasteiger partial charge in [0, 0.05) is 12.3 Å². The van der Waals surface area contributed by atoms with Crippen LogP contribution in [0, 0.1) is 5.92 Å². The first kappa shape index (κ1) is 21.0. The van der Waals surface area contributed by atoms with Crippen LogP contribution in [0.5, 0.6) is 5.75 Å². The van der Waals surface area contributed by atoms with Gasteiger partial charge in [-0.25, -0.2) is 0 Å². The zero-order chi connectivity index (χ0) is 22.0. The van der Waals surface area contributed by atoms with Crippen molar-refractivity contribution in [1.29, 1.82) is 0 Å². The molecule has 3 N–H and O–H groups in total. The quantitative estimate of drug-likeness (QED) is 0.414. The van der Waals surface area contributed by atoms with Crippen molar-refractivity contribution in [2.24, 2.45) is 5.92 Å². The van der Waals surface area contributed by atoms with E-state index in [0.29, 0.717) is 12.3 Å². The van der Waals surface area contributed by atoms with Crippen LogP contribution in [0.4, 0.5) is 0 Å². The summed E-state index contributed by atoms with van der Waals surface area (Å²) < 4.78 is 5.64. The molecule has 5 amide bonds. The maximum atomic E-state index is 12.8. The van der Waals surface area contributed by atoms with Crippen LogP contribution in [0.15, 0.2) is 18.2 Å². The molecule has 1 unspecified atom stereocenters. The second-order valence-corrected chi connectivity index (χ2v) is 7.82. The van der Waals surface area contributed by atoms with Crippen LogP contribution in [0.2, 0.25) is 0 Å². The fourth-order valence-corrected chi connectivity index (χ4v) is 4.11. The highest BCUT2D eigenvalue weighted by Gasteiger charge is 2.44. The summed E-state index contributed by atoms with van der Waals surface area (Å²) in [6.07, 6.45) is 1.81. The van der Waals surface area contributed by atoms with Crippen LogP contribution in [0.1, 0.15) is 46.4 Å². The lowest BCUT2D eigenvalue weighted by Crippen LogP contribution is -2.54. The van der Waals surface area contributed by atoms with Gasteiger partial charge < -0.3 is 15.4 Å². The van der Waals surface area contributed by atoms with Crippen molar-refractivity contribution >= 4 is 29.5 Å². The zero-order valence-corrected chi connectivity index (χ0v) is 16.9. The Morgan fingerprint density at radius 2 is 1.81 bits per heavy atom. The van der Waals surface area contributed by atoms with Crippen LogP contribution >= 0.6 is 0 Å². The number of hydrogen-bond donors (Lipinski definition) is 3. The first-order valence-corrected chi connectivity index (χ1v) is 10.4. The highest BCUT2D eigenvalue weighted by atomic mass is 16.5. The molecule has 0 radical (unpaired) electrons. The number of ether oxygens (including phenoxy) is 1. The van der Waals surface area contributed by atoms with Gasteiger partial charge in [-0.1, -0.05) is 0 Å². The average molecular weight is 428 g/mol. The molecule has 0 spiro atoms. The van der Waals surface area contributed by atoms with E-state index in [1.807, 2.05) is 0 Å². The van der Waals surface area contributed by atoms with Crippen molar-refractivity contribution in [3.63, 3.8) is 0 Å². The molecule has 2 fully saturated rings. The lowest BCUT2D eigenvalue weighted by molar-refractivity contribution is -0.136. The Bertz CT molecular complexity index is 940. The molecule has 10 nitrogen and oxygen atoms in total. The summed E-state index contributed by atoms with van der Waals surface area (Å²) in [4.78, 5) is 62.0. The van der Waals surface area contributed by atoms with Crippen LogP contribution in [0.25, 0.3) is 0 Å². The van der Waals surface area contributed by atoms with Crippen molar-refractivity contribution in [3.05, 3.63) is 29.3 Å². The average Bonchev–Trinajstić information content (AvgIpc) is 3.02. The van der Waals surface area contributed by atoms with Gasteiger partial charge in [0.25, 0.3) is 11.8 Å². The Morgan fingerprint density at radius 3 is 2.55 bits per heavy atom. The van der Waals surface area contributed by atoms with Crippen LogP contribution < -0.4 is 20.7 Å². The first-order chi connectivity index (χ1) is 15.0. The molecular weight excluding hydrogens is 404 g/mol. The molecule has 164 valence electrons. The molecule has 31 heavy (non-hydrogen) atoms. The van der Waals surface area contributed by atoms with E-state index in [9.17, 15) is 24.0 Å². The van der Waals surface area contributed by atoms with Gasteiger partial charge in [0.2, 0.25) is 17.7 Å². The minimum absolute atomic E-state index is 0.0136. The third-order valence-corrected chi connectivity index (χ3v) is 5.79. The summed E-state index contributed by atoms with van der Waals surface area (Å²) in [6, 6.07) is 3.53. The Balaban J connectivity index is 1.34. The molecule has 0 bridgehead atoms. The zero-order valence-electron chi connectivity index (χ0n) is 16.9. The molecule has 0 aliphatic carbocycles. The Kier molecular flexibility index (Phi) is 5.99. The molecule has 3 heterocycles. The Labute approximate surface area is 178 Å². The highest BCUT2D eigenvalue weighted by molar-refractivity contribution is 6.23. The number of hydrogen-bond acceptors (Lipinski definition) is 7. The molecule has 1 aromatic rings. The highest BCUT2D eigenvalue weighted by Crippen LogP contribution is 2.30. The van der Waals surface area contributed by atoms with Gasteiger partial charge in [-0.2, -0.15) is 0 Å². The van der Waals surface area contributed by atoms with Crippen molar-refractivity contribution in [2.75, 3.05) is 26.2 Å². The van der Waals surface area contributed by atoms with Crippen molar-refractivity contribution in [2.45, 2.75) is 31.7 Å². The number of carbonyl (C=O) groups excluding carboxylic acids is 5. The van der Waals surface area contributed by atoms with Gasteiger partial charge in [-0.05, 0) is 50.6 Å². The Hall–Kier alpha value is -3.27. The molecule has 1 aromatic carbocycles. The summed E-state index contributed by atoms with van der Waals surface area (Å²) in [5.74, 6) is -1.79. The lowest BCUT2D eigenvalue weighted by atomic mass is 9.97. The molecule has 2 saturated heterocycles. The summed E-state index contributed by atoms with van der Waals surface area (Å²) in [5.41, 5.74) is 0.354. The number of fused-ring (bicyclic) bond motifs is 1. The number of benzene rings is 1. The number of imide groups is 2. The van der Waals surface area contributed by atoms with Gasteiger partial charge in [0.1, 0.15) is 18.4 Å². The number of piperidine rings is 2. The monoisotopic (exact) mass is 428 g/mol. The SMILES string of the molecule is O=C1CCC(N2C(=O)c3ccc(OCCNC(=O)C4CCNCC4)cc3C2=O)C(=O)N1. The van der Waals surface area contributed by atoms with Crippen molar-refractivity contribution < 1.29 is 28.7 Å². The summed E-state index contributed by atoms with van der Waals surface area (Å²) >= 11 is 0. The van der Waals surface area contributed by atoms with Gasteiger partial charge in [0.15, 0.2) is 0 Å². The second kappa shape index (κ2) is 8.84. The van der Waals surface area contributed by atoms with E-state index < -0.39 is 29.7 Å². The predicted octanol–water partition coefficient (Wildman–Crippen LogP) is -0.418. The molecule has 3 aliphatic heterocycles. The number of nitrogens with one attached hydrogen (secondary N) is 3. The standard InChI is InChI=1S/C21H24N4O6/c26-17-4-3-16(19(28)24-17)25-20(29)14-2-1-13(11-15(14)21(25)30)31-10-9-23-18(27)12-5-7-22-8-6-12/h1-2,11-12,16,22H,3-10H2,(H,23,27)(H,24,26,28). The van der Waals surface area contributed by atoms with E-state index in [1.165, 1.54) is 12.1 Å². The molecule has 1 atom stereocenters. The van der Waals surface area contributed by atoms with E-state index in [4.69, 9.17) is 4.74 Å². The van der Waals surface area contributed by atoms with Gasteiger partial charge in [-0.3, -0.25) is 34.2 Å². The predicted molar refractivity (Wildman–Crippen MR) is 107 cm³/mol. The van der Waals surface area contributed by atoms with Crippen LogP contribution in [-0.4, -0.2) is 66.7 Å². The largest absolute Gasteiger partial charge is 0.492 e. The lowest BCUT2D eigenvalue weighted by Gasteiger charge is -2.27. The maximum Gasteiger partial charge on any atom is 0.262 e. The number of nitrogens with zero attached hydrogens (tertiary/aromatic N) is 1. The third-order valence-electron chi connectivity index (χ3n) is 5.79. The second-order valence-electron chi connectivity index (χ2n) is 7.82. The van der Waals surface area contributed by atoms with Crippen LogP contribution in [-0.2, 0) is 14.4 Å². The summed E-state index contributed by atoms with van der Waals surface area (Å²) in [5, 5.41) is 8.24. The molecule has 4 rings (SSSR count). The fourth-order valence-electron chi connectivity index (χ4n) is 4.11. The minimum atomic E-state index is -1.00. The molecule has 0 saturated carbocycles. The molecule has 3 aliphatic rings. The molecular formula is C21H24N4O6. The summed E-state index contributed by atoms with van der Waals surface area (Å²) in [6.45, 7) is 2.22. The smallest absolute Gasteiger partial charge is 0.262 e. The molecule has 10 heteroatoms. The summed E-state index contributed by atoms with van der Waals surface area (Å²) in [7, 11) is 0. The Morgan fingerprint density at radius 1 is 1.06 bits per heavy atom. The van der Waals surface area contributed by atoms with Gasteiger partial charge in [-0.15, -0.1) is 0 Å².